The molecule has 1 rings (SSSR count). The molecule has 4 nitrogen and oxygen atoms in total. The predicted octanol–water partition coefficient (Wildman–Crippen LogP) is 1.21. The molecule has 1 fully saturated rings. The molecular formula is C11H22N2O2. The van der Waals surface area contributed by atoms with E-state index in [1.54, 1.807) is 0 Å². The molecule has 2 unspecified atom stereocenters. The summed E-state index contributed by atoms with van der Waals surface area (Å²) in [5.74, 6) is 5.40. The van der Waals surface area contributed by atoms with Gasteiger partial charge >= 0.3 is 5.97 Å². The molecule has 4 heteroatoms. The molecule has 1 saturated carbocycles. The van der Waals surface area contributed by atoms with Crippen LogP contribution in [-0.4, -0.2) is 18.6 Å². The van der Waals surface area contributed by atoms with Gasteiger partial charge in [-0.25, -0.2) is 0 Å². The van der Waals surface area contributed by atoms with Crippen molar-refractivity contribution in [3.63, 3.8) is 0 Å². The first-order chi connectivity index (χ1) is 7.01. The van der Waals surface area contributed by atoms with Crippen LogP contribution in [0.5, 0.6) is 0 Å². The second kappa shape index (κ2) is 4.94. The molecule has 0 aromatic carbocycles. The van der Waals surface area contributed by atoms with E-state index in [1.807, 2.05) is 6.92 Å². The first-order valence-corrected chi connectivity index (χ1v) is 5.64. The summed E-state index contributed by atoms with van der Waals surface area (Å²) in [6.45, 7) is 6.53. The lowest BCUT2D eigenvalue weighted by Gasteiger charge is -2.40. The number of carbonyl (C=O) groups is 1. The molecule has 0 radical (unpaired) electrons. The van der Waals surface area contributed by atoms with Crippen LogP contribution in [0.25, 0.3) is 0 Å². The standard InChI is InChI=1S/C11H22N2O2/c1-4-15-10(14)9-6-5-8(13-12)7-11(9,2)3/h8-9,13H,4-7,12H2,1-3H3. The van der Waals surface area contributed by atoms with Crippen molar-refractivity contribution in [3.8, 4) is 0 Å². The van der Waals surface area contributed by atoms with Gasteiger partial charge in [0.25, 0.3) is 0 Å². The number of hydrogen-bond donors (Lipinski definition) is 2. The van der Waals surface area contributed by atoms with E-state index in [2.05, 4.69) is 19.3 Å². The van der Waals surface area contributed by atoms with Gasteiger partial charge in [0.15, 0.2) is 0 Å². The lowest BCUT2D eigenvalue weighted by molar-refractivity contribution is -0.154. The van der Waals surface area contributed by atoms with Crippen LogP contribution in [0.2, 0.25) is 0 Å². The molecule has 1 aliphatic carbocycles. The Morgan fingerprint density at radius 2 is 2.20 bits per heavy atom. The summed E-state index contributed by atoms with van der Waals surface area (Å²) in [5, 5.41) is 0. The maximum atomic E-state index is 11.7. The van der Waals surface area contributed by atoms with Crippen molar-refractivity contribution >= 4 is 5.97 Å². The third-order valence-electron chi connectivity index (χ3n) is 3.33. The van der Waals surface area contributed by atoms with E-state index in [9.17, 15) is 4.79 Å². The molecule has 0 amide bonds. The lowest BCUT2D eigenvalue weighted by atomic mass is 9.67. The molecule has 88 valence electrons. The van der Waals surface area contributed by atoms with Gasteiger partial charge in [0.05, 0.1) is 12.5 Å². The van der Waals surface area contributed by atoms with Crippen LogP contribution < -0.4 is 11.3 Å². The number of nitrogens with one attached hydrogen (secondary N) is 1. The van der Waals surface area contributed by atoms with Crippen LogP contribution in [-0.2, 0) is 9.53 Å². The van der Waals surface area contributed by atoms with Crippen LogP contribution in [0.1, 0.15) is 40.0 Å². The number of ether oxygens (including phenoxy) is 1. The number of rotatable bonds is 3. The van der Waals surface area contributed by atoms with E-state index < -0.39 is 0 Å². The molecule has 2 atom stereocenters. The topological polar surface area (TPSA) is 64.3 Å². The summed E-state index contributed by atoms with van der Waals surface area (Å²) >= 11 is 0. The number of hydrazine groups is 1. The Labute approximate surface area is 91.5 Å². The van der Waals surface area contributed by atoms with E-state index in [1.165, 1.54) is 0 Å². The minimum absolute atomic E-state index is 0.0158. The largest absolute Gasteiger partial charge is 0.466 e. The Balaban J connectivity index is 2.63. The minimum atomic E-state index is -0.0574. The SMILES string of the molecule is CCOC(=O)C1CCC(NN)CC1(C)C. The van der Waals surface area contributed by atoms with Crippen LogP contribution in [0.3, 0.4) is 0 Å². The highest BCUT2D eigenvalue weighted by molar-refractivity contribution is 5.73. The van der Waals surface area contributed by atoms with Gasteiger partial charge in [0.1, 0.15) is 0 Å². The first kappa shape index (κ1) is 12.5. The second-order valence-electron chi connectivity index (χ2n) is 4.94. The van der Waals surface area contributed by atoms with Crippen molar-refractivity contribution in [2.75, 3.05) is 6.61 Å². The van der Waals surface area contributed by atoms with Crippen LogP contribution in [0.4, 0.5) is 0 Å². The highest BCUT2D eigenvalue weighted by Gasteiger charge is 2.41. The van der Waals surface area contributed by atoms with E-state index >= 15 is 0 Å². The van der Waals surface area contributed by atoms with Gasteiger partial charge in [-0.1, -0.05) is 13.8 Å². The van der Waals surface area contributed by atoms with E-state index in [4.69, 9.17) is 10.6 Å². The molecule has 0 saturated heterocycles. The maximum absolute atomic E-state index is 11.7. The quantitative estimate of drug-likeness (QED) is 0.421. The van der Waals surface area contributed by atoms with Gasteiger partial charge in [-0.3, -0.25) is 16.1 Å². The summed E-state index contributed by atoms with van der Waals surface area (Å²) in [7, 11) is 0. The van der Waals surface area contributed by atoms with Crippen molar-refractivity contribution in [2.24, 2.45) is 17.2 Å². The Hall–Kier alpha value is -0.610. The molecule has 3 N–H and O–H groups in total. The van der Waals surface area contributed by atoms with Crippen molar-refractivity contribution in [1.82, 2.24) is 5.43 Å². The van der Waals surface area contributed by atoms with Gasteiger partial charge < -0.3 is 4.74 Å². The molecule has 0 bridgehead atoms. The van der Waals surface area contributed by atoms with Gasteiger partial charge in [-0.15, -0.1) is 0 Å². The monoisotopic (exact) mass is 214 g/mol. The summed E-state index contributed by atoms with van der Waals surface area (Å²) in [4.78, 5) is 11.7. The van der Waals surface area contributed by atoms with Crippen LogP contribution in [0, 0.1) is 11.3 Å². The van der Waals surface area contributed by atoms with Gasteiger partial charge in [-0.2, -0.15) is 0 Å². The molecule has 0 aliphatic heterocycles. The molecule has 0 spiro atoms. The molecule has 0 heterocycles. The Morgan fingerprint density at radius 3 is 2.67 bits per heavy atom. The summed E-state index contributed by atoms with van der Waals surface area (Å²) < 4.78 is 5.10. The summed E-state index contributed by atoms with van der Waals surface area (Å²) in [6.07, 6.45) is 2.73. The van der Waals surface area contributed by atoms with Crippen molar-refractivity contribution in [2.45, 2.75) is 46.1 Å². The highest BCUT2D eigenvalue weighted by atomic mass is 16.5. The predicted molar refractivity (Wildman–Crippen MR) is 58.9 cm³/mol. The fraction of sp³-hybridized carbons (Fsp3) is 0.909. The van der Waals surface area contributed by atoms with Crippen molar-refractivity contribution < 1.29 is 9.53 Å². The molecular weight excluding hydrogens is 192 g/mol. The molecule has 0 aromatic rings. The van der Waals surface area contributed by atoms with Crippen molar-refractivity contribution in [1.29, 1.82) is 0 Å². The third kappa shape index (κ3) is 2.92. The van der Waals surface area contributed by atoms with Crippen LogP contribution >= 0.6 is 0 Å². The van der Waals surface area contributed by atoms with E-state index in [0.29, 0.717) is 12.6 Å². The average Bonchev–Trinajstić information content (AvgIpc) is 2.16. The normalized spacial score (nSPS) is 29.9. The van der Waals surface area contributed by atoms with Gasteiger partial charge in [0.2, 0.25) is 0 Å². The second-order valence-corrected chi connectivity index (χ2v) is 4.94. The van der Waals surface area contributed by atoms with Gasteiger partial charge in [-0.05, 0) is 31.6 Å². The average molecular weight is 214 g/mol. The summed E-state index contributed by atoms with van der Waals surface area (Å²) in [5.41, 5.74) is 2.77. The lowest BCUT2D eigenvalue weighted by Crippen LogP contribution is -2.47. The number of esters is 1. The molecule has 1 aliphatic rings. The van der Waals surface area contributed by atoms with E-state index in [0.717, 1.165) is 19.3 Å². The number of carbonyl (C=O) groups excluding carboxylic acids is 1. The Morgan fingerprint density at radius 1 is 1.53 bits per heavy atom. The maximum Gasteiger partial charge on any atom is 0.309 e. The zero-order valence-electron chi connectivity index (χ0n) is 9.88. The smallest absolute Gasteiger partial charge is 0.309 e. The van der Waals surface area contributed by atoms with Crippen molar-refractivity contribution in [3.05, 3.63) is 0 Å². The first-order valence-electron chi connectivity index (χ1n) is 5.64. The molecule has 15 heavy (non-hydrogen) atoms. The zero-order valence-corrected chi connectivity index (χ0v) is 9.88. The number of hydrogen-bond acceptors (Lipinski definition) is 4. The minimum Gasteiger partial charge on any atom is -0.466 e. The summed E-state index contributed by atoms with van der Waals surface area (Å²) in [6, 6.07) is 0.325. The molecule has 0 aromatic heterocycles. The Bertz CT molecular complexity index is 229. The fourth-order valence-corrected chi connectivity index (χ4v) is 2.46. The highest BCUT2D eigenvalue weighted by Crippen LogP contribution is 2.41. The Kier molecular flexibility index (Phi) is 4.11. The fourth-order valence-electron chi connectivity index (χ4n) is 2.46. The zero-order chi connectivity index (χ0) is 11.5. The van der Waals surface area contributed by atoms with Gasteiger partial charge in [0, 0.05) is 6.04 Å². The van der Waals surface area contributed by atoms with E-state index in [-0.39, 0.29) is 17.3 Å². The number of nitrogens with two attached hydrogens (primary N) is 1. The third-order valence-corrected chi connectivity index (χ3v) is 3.33. The van der Waals surface area contributed by atoms with Crippen LogP contribution in [0.15, 0.2) is 0 Å².